The third kappa shape index (κ3) is 3.73. The van der Waals surface area contributed by atoms with Crippen molar-refractivity contribution in [1.82, 2.24) is 10.2 Å². The van der Waals surface area contributed by atoms with Gasteiger partial charge >= 0.3 is 6.43 Å². The lowest BCUT2D eigenvalue weighted by Crippen LogP contribution is -2.39. The van der Waals surface area contributed by atoms with E-state index in [2.05, 4.69) is 10.2 Å². The molecule has 1 amide bonds. The average molecular weight is 268 g/mol. The molecule has 1 aromatic rings. The van der Waals surface area contributed by atoms with Crippen molar-refractivity contribution in [2.45, 2.75) is 25.3 Å². The van der Waals surface area contributed by atoms with Crippen LogP contribution in [0, 0.1) is 0 Å². The van der Waals surface area contributed by atoms with Crippen LogP contribution in [-0.4, -0.2) is 36.9 Å². The molecule has 19 heavy (non-hydrogen) atoms. The molecule has 0 aromatic heterocycles. The predicted molar refractivity (Wildman–Crippen MR) is 69.0 cm³/mol. The number of nitrogens with one attached hydrogen (secondary N) is 1. The van der Waals surface area contributed by atoms with Crippen LogP contribution in [0.3, 0.4) is 0 Å². The van der Waals surface area contributed by atoms with Crippen molar-refractivity contribution in [1.29, 1.82) is 0 Å². The van der Waals surface area contributed by atoms with Gasteiger partial charge in [-0.3, -0.25) is 9.69 Å². The Kier molecular flexibility index (Phi) is 4.85. The summed E-state index contributed by atoms with van der Waals surface area (Å²) >= 11 is 0. The van der Waals surface area contributed by atoms with E-state index in [1.54, 1.807) is 0 Å². The van der Waals surface area contributed by atoms with Crippen LogP contribution < -0.4 is 5.32 Å². The number of carbonyl (C=O) groups excluding carboxylic acids is 1. The first-order valence-electron chi connectivity index (χ1n) is 6.53. The lowest BCUT2D eigenvalue weighted by Gasteiger charge is -2.28. The van der Waals surface area contributed by atoms with E-state index in [-0.39, 0.29) is 12.6 Å². The molecule has 5 heteroatoms. The highest BCUT2D eigenvalue weighted by molar-refractivity contribution is 5.79. The highest BCUT2D eigenvalue weighted by atomic mass is 19.3. The van der Waals surface area contributed by atoms with E-state index in [1.165, 1.54) is 0 Å². The molecule has 2 rings (SSSR count). The quantitative estimate of drug-likeness (QED) is 0.888. The maximum atomic E-state index is 12.2. The van der Waals surface area contributed by atoms with E-state index in [1.807, 2.05) is 30.3 Å². The first-order chi connectivity index (χ1) is 9.18. The molecule has 0 radical (unpaired) electrons. The summed E-state index contributed by atoms with van der Waals surface area (Å²) in [5.74, 6) is -1.19. The minimum atomic E-state index is -2.95. The van der Waals surface area contributed by atoms with Crippen LogP contribution in [0.4, 0.5) is 8.78 Å². The maximum absolute atomic E-state index is 12.2. The van der Waals surface area contributed by atoms with Crippen molar-refractivity contribution in [3.8, 4) is 0 Å². The van der Waals surface area contributed by atoms with E-state index in [4.69, 9.17) is 0 Å². The van der Waals surface area contributed by atoms with Crippen molar-refractivity contribution in [2.24, 2.45) is 0 Å². The van der Waals surface area contributed by atoms with Crippen LogP contribution >= 0.6 is 0 Å². The Balaban J connectivity index is 2.04. The predicted octanol–water partition coefficient (Wildman–Crippen LogP) is 2.20. The normalized spacial score (nSPS) is 17.6. The zero-order chi connectivity index (χ0) is 13.7. The Morgan fingerprint density at radius 1 is 1.21 bits per heavy atom. The number of amides is 1. The van der Waals surface area contributed by atoms with Gasteiger partial charge in [0.15, 0.2) is 0 Å². The minimum Gasteiger partial charge on any atom is -0.349 e. The molecule has 1 atom stereocenters. The number of halogens is 2. The molecule has 0 bridgehead atoms. The van der Waals surface area contributed by atoms with Gasteiger partial charge in [-0.05, 0) is 31.5 Å². The molecule has 0 spiro atoms. The molecule has 104 valence electrons. The molecule has 1 fully saturated rings. The molecule has 3 nitrogen and oxygen atoms in total. The average Bonchev–Trinajstić information content (AvgIpc) is 2.94. The highest BCUT2D eigenvalue weighted by Crippen LogP contribution is 2.24. The summed E-state index contributed by atoms with van der Waals surface area (Å²) in [5, 5.41) is 2.33. The lowest BCUT2D eigenvalue weighted by atomic mass is 10.1. The fourth-order valence-corrected chi connectivity index (χ4v) is 2.46. The van der Waals surface area contributed by atoms with E-state index in [9.17, 15) is 13.6 Å². The second kappa shape index (κ2) is 6.61. The van der Waals surface area contributed by atoms with Crippen molar-refractivity contribution >= 4 is 5.91 Å². The van der Waals surface area contributed by atoms with Crippen molar-refractivity contribution < 1.29 is 13.6 Å². The molecule has 1 N–H and O–H groups in total. The number of hydrogen-bond acceptors (Lipinski definition) is 2. The molecule has 0 aliphatic carbocycles. The van der Waals surface area contributed by atoms with Crippen molar-refractivity contribution in [2.75, 3.05) is 19.6 Å². The molecular formula is C14H18F2N2O. The smallest absolute Gasteiger partial charge is 0.315 e. The van der Waals surface area contributed by atoms with Gasteiger partial charge < -0.3 is 5.32 Å². The largest absolute Gasteiger partial charge is 0.349 e. The fraction of sp³-hybridized carbons (Fsp3) is 0.500. The number of rotatable bonds is 5. The maximum Gasteiger partial charge on any atom is 0.315 e. The third-order valence-corrected chi connectivity index (χ3v) is 3.43. The van der Waals surface area contributed by atoms with Crippen molar-refractivity contribution in [3.63, 3.8) is 0 Å². The van der Waals surface area contributed by atoms with Crippen LogP contribution in [0.25, 0.3) is 0 Å². The second-order valence-corrected chi connectivity index (χ2v) is 4.72. The van der Waals surface area contributed by atoms with Crippen LogP contribution in [0.1, 0.15) is 24.4 Å². The van der Waals surface area contributed by atoms with Gasteiger partial charge in [-0.25, -0.2) is 0 Å². The second-order valence-electron chi connectivity index (χ2n) is 4.72. The minimum absolute atomic E-state index is 0.0219. The Bertz CT molecular complexity index is 405. The van der Waals surface area contributed by atoms with E-state index >= 15 is 0 Å². The molecule has 1 aliphatic rings. The molecule has 1 aliphatic heterocycles. The Morgan fingerprint density at radius 3 is 2.42 bits per heavy atom. The van der Waals surface area contributed by atoms with E-state index < -0.39 is 12.3 Å². The van der Waals surface area contributed by atoms with Crippen LogP contribution in [0.15, 0.2) is 30.3 Å². The Hall–Kier alpha value is -1.49. The summed E-state index contributed by atoms with van der Waals surface area (Å²) in [6, 6.07) is 9.68. The Morgan fingerprint density at radius 2 is 1.84 bits per heavy atom. The van der Waals surface area contributed by atoms with E-state index in [0.717, 1.165) is 31.5 Å². The SMILES string of the molecule is O=C(NCC(c1ccccc1)N1CCCC1)C(F)F. The summed E-state index contributed by atoms with van der Waals surface area (Å²) in [7, 11) is 0. The van der Waals surface area contributed by atoms with Crippen molar-refractivity contribution in [3.05, 3.63) is 35.9 Å². The van der Waals surface area contributed by atoms with Gasteiger partial charge in [0.2, 0.25) is 0 Å². The summed E-state index contributed by atoms with van der Waals surface area (Å²) in [5.41, 5.74) is 1.05. The summed E-state index contributed by atoms with van der Waals surface area (Å²) in [6.07, 6.45) is -0.715. The number of benzene rings is 1. The van der Waals surface area contributed by atoms with Gasteiger partial charge in [-0.2, -0.15) is 8.78 Å². The standard InChI is InChI=1S/C14H18F2N2O/c15-13(16)14(19)17-10-12(18-8-4-5-9-18)11-6-2-1-3-7-11/h1-3,6-7,12-13H,4-5,8-10H2,(H,17,19). The van der Waals surface area contributed by atoms with Crippen LogP contribution in [-0.2, 0) is 4.79 Å². The lowest BCUT2D eigenvalue weighted by molar-refractivity contribution is -0.132. The summed E-state index contributed by atoms with van der Waals surface area (Å²) < 4.78 is 24.5. The number of alkyl halides is 2. The van der Waals surface area contributed by atoms with Crippen LogP contribution in [0.5, 0.6) is 0 Å². The molecule has 1 aromatic carbocycles. The van der Waals surface area contributed by atoms with Gasteiger partial charge in [-0.15, -0.1) is 0 Å². The summed E-state index contributed by atoms with van der Waals surface area (Å²) in [6.45, 7) is 2.13. The molecular weight excluding hydrogens is 250 g/mol. The highest BCUT2D eigenvalue weighted by Gasteiger charge is 2.25. The summed E-state index contributed by atoms with van der Waals surface area (Å²) in [4.78, 5) is 13.3. The van der Waals surface area contributed by atoms with Gasteiger partial charge in [0.25, 0.3) is 5.91 Å². The number of hydrogen-bond donors (Lipinski definition) is 1. The van der Waals surface area contributed by atoms with Gasteiger partial charge in [-0.1, -0.05) is 30.3 Å². The fourth-order valence-electron chi connectivity index (χ4n) is 2.46. The zero-order valence-electron chi connectivity index (χ0n) is 10.7. The topological polar surface area (TPSA) is 32.3 Å². The number of carbonyl (C=O) groups is 1. The molecule has 1 heterocycles. The number of likely N-dealkylation sites (tertiary alicyclic amines) is 1. The monoisotopic (exact) mass is 268 g/mol. The van der Waals surface area contributed by atoms with Gasteiger partial charge in [0.05, 0.1) is 6.04 Å². The van der Waals surface area contributed by atoms with Crippen LogP contribution in [0.2, 0.25) is 0 Å². The molecule has 0 saturated carbocycles. The molecule has 1 unspecified atom stereocenters. The number of nitrogens with zero attached hydrogens (tertiary/aromatic N) is 1. The first kappa shape index (κ1) is 13.9. The van der Waals surface area contributed by atoms with Gasteiger partial charge in [0, 0.05) is 6.54 Å². The zero-order valence-corrected chi connectivity index (χ0v) is 10.7. The van der Waals surface area contributed by atoms with Gasteiger partial charge in [0.1, 0.15) is 0 Å². The van der Waals surface area contributed by atoms with E-state index in [0.29, 0.717) is 0 Å². The third-order valence-electron chi connectivity index (χ3n) is 3.43. The molecule has 1 saturated heterocycles. The first-order valence-corrected chi connectivity index (χ1v) is 6.53. The Labute approximate surface area is 111 Å².